The Hall–Kier alpha value is -0.410. The molecule has 0 aliphatic heterocycles. The van der Waals surface area contributed by atoms with Crippen LogP contribution in [-0.2, 0) is 4.79 Å². The molecule has 1 unspecified atom stereocenters. The van der Waals surface area contributed by atoms with Crippen molar-refractivity contribution in [1.29, 1.82) is 0 Å². The minimum Gasteiger partial charge on any atom is -0.393 e. The van der Waals surface area contributed by atoms with Crippen LogP contribution in [0.1, 0.15) is 64.7 Å². The fraction of sp³-hybridized carbons (Fsp3) is 0.952. The van der Waals surface area contributed by atoms with Gasteiger partial charge in [0.15, 0.2) is 0 Å². The summed E-state index contributed by atoms with van der Waals surface area (Å²) in [4.78, 5) is 15.0. The fourth-order valence-corrected chi connectivity index (χ4v) is 8.61. The first kappa shape index (κ1) is 15.8. The van der Waals surface area contributed by atoms with E-state index in [1.54, 1.807) is 0 Å². The Morgan fingerprint density at radius 1 is 1.08 bits per heavy atom. The van der Waals surface area contributed by atoms with Gasteiger partial charge >= 0.3 is 0 Å². The lowest BCUT2D eigenvalue weighted by molar-refractivity contribution is -0.136. The molecule has 0 amide bonds. The zero-order valence-electron chi connectivity index (χ0n) is 15.6. The maximum Gasteiger partial charge on any atom is 0.139 e. The molecule has 1 N–H and O–H groups in total. The van der Waals surface area contributed by atoms with E-state index in [4.69, 9.17) is 0 Å². The number of carbonyl (C=O) groups excluding carboxylic acids is 1. The van der Waals surface area contributed by atoms with Crippen LogP contribution in [0.2, 0.25) is 0 Å². The summed E-state index contributed by atoms with van der Waals surface area (Å²) >= 11 is 0. The number of nitrogens with zero attached hydrogens (tertiary/aromatic N) is 1. The van der Waals surface area contributed by atoms with Gasteiger partial charge in [-0.1, -0.05) is 6.92 Å². The van der Waals surface area contributed by atoms with Gasteiger partial charge in [-0.25, -0.2) is 0 Å². The molecule has 3 heteroatoms. The van der Waals surface area contributed by atoms with Crippen molar-refractivity contribution >= 4 is 5.78 Å². The van der Waals surface area contributed by atoms with Gasteiger partial charge < -0.3 is 10.0 Å². The Morgan fingerprint density at radius 2 is 1.88 bits per heavy atom. The van der Waals surface area contributed by atoms with Gasteiger partial charge in [-0.2, -0.15) is 0 Å². The van der Waals surface area contributed by atoms with Gasteiger partial charge in [0.05, 0.1) is 6.10 Å². The van der Waals surface area contributed by atoms with Gasteiger partial charge in [0, 0.05) is 17.9 Å². The minimum atomic E-state index is -0.0819. The Bertz CT molecular complexity index is 588. The van der Waals surface area contributed by atoms with Crippen LogP contribution >= 0.6 is 0 Å². The molecule has 0 spiro atoms. The van der Waals surface area contributed by atoms with Crippen LogP contribution in [0.15, 0.2) is 0 Å². The summed E-state index contributed by atoms with van der Waals surface area (Å²) in [6.45, 7) is 2.28. The number of hydrogen-bond donors (Lipinski definition) is 1. The summed E-state index contributed by atoms with van der Waals surface area (Å²) in [6, 6.07) is 0.603. The normalized spacial score (nSPS) is 58.7. The molecule has 5 rings (SSSR count). The van der Waals surface area contributed by atoms with E-state index in [-0.39, 0.29) is 11.5 Å². The molecule has 5 aliphatic rings. The summed E-state index contributed by atoms with van der Waals surface area (Å²) in [7, 11) is 4.48. The molecule has 0 radical (unpaired) electrons. The van der Waals surface area contributed by atoms with Crippen molar-refractivity contribution in [2.45, 2.75) is 76.9 Å². The number of carbonyl (C=O) groups is 1. The summed E-state index contributed by atoms with van der Waals surface area (Å²) in [5.41, 5.74) is 0.862. The number of hydrogen-bond acceptors (Lipinski definition) is 3. The monoisotopic (exact) mass is 331 g/mol. The third-order valence-electron chi connectivity index (χ3n) is 9.63. The molecule has 0 saturated heterocycles. The molecule has 0 aromatic carbocycles. The van der Waals surface area contributed by atoms with Crippen molar-refractivity contribution in [3.63, 3.8) is 0 Å². The Balaban J connectivity index is 1.55. The first-order valence-electron chi connectivity index (χ1n) is 10.2. The molecule has 5 fully saturated rings. The van der Waals surface area contributed by atoms with Crippen LogP contribution in [0.25, 0.3) is 0 Å². The first-order valence-corrected chi connectivity index (χ1v) is 10.2. The molecular weight excluding hydrogens is 298 g/mol. The quantitative estimate of drug-likeness (QED) is 0.802. The van der Waals surface area contributed by atoms with E-state index in [9.17, 15) is 9.90 Å². The lowest BCUT2D eigenvalue weighted by Crippen LogP contribution is -2.56. The molecule has 8 atom stereocenters. The summed E-state index contributed by atoms with van der Waals surface area (Å²) in [5, 5.41) is 10.4. The largest absolute Gasteiger partial charge is 0.393 e. The SMILES string of the molecule is CN(C)C1C[C@@H]2[C@H](CC[C@]3(C)C(=O)CC[C@@H]23)[C@@]23CC[C@H](O)C[C@@]12C3. The standard InChI is InChI=1S/C21H33NO2/c1-19-8-7-16-14(15(19)4-5-18(19)24)10-17(22(2)3)21-11-13(23)6-9-20(16,21)12-21/h13-17,23H,4-12H2,1-3H3/t13-,14-,15-,16-,17?,19-,20-,21+/m0/s1. The average Bonchev–Trinajstić information content (AvgIpc) is 3.13. The van der Waals surface area contributed by atoms with Crippen LogP contribution in [-0.4, -0.2) is 42.0 Å². The summed E-state index contributed by atoms with van der Waals surface area (Å²) in [6.07, 6.45) is 10.2. The van der Waals surface area contributed by atoms with Crippen LogP contribution in [0, 0.1) is 34.0 Å². The average molecular weight is 332 g/mol. The van der Waals surface area contributed by atoms with Crippen LogP contribution < -0.4 is 0 Å². The summed E-state index contributed by atoms with van der Waals surface area (Å²) < 4.78 is 0. The number of fused-ring (bicyclic) bond motifs is 3. The minimum absolute atomic E-state index is 0.0161. The molecule has 0 aromatic heterocycles. The molecule has 0 heterocycles. The van der Waals surface area contributed by atoms with Gasteiger partial charge in [-0.3, -0.25) is 4.79 Å². The molecular formula is C21H33NO2. The predicted molar refractivity (Wildman–Crippen MR) is 93.5 cm³/mol. The van der Waals surface area contributed by atoms with E-state index in [0.29, 0.717) is 28.6 Å². The zero-order valence-corrected chi connectivity index (χ0v) is 15.6. The lowest BCUT2D eigenvalue weighted by Gasteiger charge is -2.57. The summed E-state index contributed by atoms with van der Waals surface area (Å²) in [5.74, 6) is 2.75. The van der Waals surface area contributed by atoms with Gasteiger partial charge in [-0.05, 0) is 94.0 Å². The Kier molecular flexibility index (Phi) is 3.06. The van der Waals surface area contributed by atoms with Gasteiger partial charge in [0.1, 0.15) is 5.78 Å². The molecule has 5 aliphatic carbocycles. The highest BCUT2D eigenvalue weighted by Crippen LogP contribution is 2.83. The third kappa shape index (κ3) is 1.65. The number of aliphatic hydroxyl groups is 1. The van der Waals surface area contributed by atoms with E-state index >= 15 is 0 Å². The van der Waals surface area contributed by atoms with Crippen LogP contribution in [0.3, 0.4) is 0 Å². The fourth-order valence-electron chi connectivity index (χ4n) is 8.61. The molecule has 134 valence electrons. The predicted octanol–water partition coefficient (Wildman–Crippen LogP) is 3.25. The number of aliphatic hydroxyl groups excluding tert-OH is 1. The van der Waals surface area contributed by atoms with Crippen LogP contribution in [0.5, 0.6) is 0 Å². The molecule has 3 nitrogen and oxygen atoms in total. The maximum atomic E-state index is 12.6. The highest BCUT2D eigenvalue weighted by atomic mass is 16.3. The van der Waals surface area contributed by atoms with Gasteiger partial charge in [0.25, 0.3) is 0 Å². The highest BCUT2D eigenvalue weighted by molar-refractivity contribution is 5.87. The molecule has 24 heavy (non-hydrogen) atoms. The number of Topliss-reactive ketones (excluding diaryl/α,β-unsaturated/α-hetero) is 1. The highest BCUT2D eigenvalue weighted by Gasteiger charge is 2.79. The van der Waals surface area contributed by atoms with E-state index in [1.165, 1.54) is 25.7 Å². The van der Waals surface area contributed by atoms with Crippen molar-refractivity contribution in [2.24, 2.45) is 34.0 Å². The van der Waals surface area contributed by atoms with Gasteiger partial charge in [0.2, 0.25) is 0 Å². The van der Waals surface area contributed by atoms with E-state index in [1.807, 2.05) is 0 Å². The number of ketones is 1. The second-order valence-electron chi connectivity index (χ2n) is 10.4. The first-order chi connectivity index (χ1) is 11.3. The molecule has 0 aromatic rings. The smallest absolute Gasteiger partial charge is 0.139 e. The zero-order chi connectivity index (χ0) is 16.9. The maximum absolute atomic E-state index is 12.6. The van der Waals surface area contributed by atoms with Crippen molar-refractivity contribution in [3.8, 4) is 0 Å². The van der Waals surface area contributed by atoms with E-state index < -0.39 is 0 Å². The molecule has 5 saturated carbocycles. The van der Waals surface area contributed by atoms with Crippen molar-refractivity contribution in [2.75, 3.05) is 14.1 Å². The second kappa shape index (κ2) is 4.65. The lowest BCUT2D eigenvalue weighted by atomic mass is 9.49. The Morgan fingerprint density at radius 3 is 2.62 bits per heavy atom. The molecule has 0 bridgehead atoms. The van der Waals surface area contributed by atoms with Crippen molar-refractivity contribution in [1.82, 2.24) is 4.90 Å². The van der Waals surface area contributed by atoms with E-state index in [0.717, 1.165) is 43.9 Å². The Labute approximate surface area is 146 Å². The third-order valence-corrected chi connectivity index (χ3v) is 9.63. The topological polar surface area (TPSA) is 40.5 Å². The number of rotatable bonds is 1. The van der Waals surface area contributed by atoms with E-state index in [2.05, 4.69) is 25.9 Å². The van der Waals surface area contributed by atoms with Crippen molar-refractivity contribution < 1.29 is 9.90 Å². The van der Waals surface area contributed by atoms with Gasteiger partial charge in [-0.15, -0.1) is 0 Å². The van der Waals surface area contributed by atoms with Crippen LogP contribution in [0.4, 0.5) is 0 Å². The second-order valence-corrected chi connectivity index (χ2v) is 10.4. The van der Waals surface area contributed by atoms with Crippen molar-refractivity contribution in [3.05, 3.63) is 0 Å².